The topological polar surface area (TPSA) is 135 Å². The fraction of sp³-hybridized carbons (Fsp3) is 0.286. The number of alkyl halides is 3. The number of nitrogens with zero attached hydrogens (tertiary/aromatic N) is 5. The van der Waals surface area contributed by atoms with Gasteiger partial charge in [0, 0.05) is 36.3 Å². The van der Waals surface area contributed by atoms with Gasteiger partial charge in [0.2, 0.25) is 5.91 Å². The highest BCUT2D eigenvalue weighted by atomic mass is 19.4. The number of fused-ring (bicyclic) bond motifs is 3. The van der Waals surface area contributed by atoms with E-state index in [9.17, 15) is 23.1 Å². The quantitative estimate of drug-likeness (QED) is 0.282. The molecule has 5 heterocycles. The molecule has 1 aromatic carbocycles. The molecule has 4 N–H and O–H groups in total. The van der Waals surface area contributed by atoms with E-state index in [0.29, 0.717) is 30.4 Å². The summed E-state index contributed by atoms with van der Waals surface area (Å²) in [4.78, 5) is 18.2. The van der Waals surface area contributed by atoms with Crippen LogP contribution in [0.3, 0.4) is 0 Å². The number of ether oxygens (including phenoxy) is 1. The van der Waals surface area contributed by atoms with Crippen molar-refractivity contribution in [1.82, 2.24) is 24.8 Å². The van der Waals surface area contributed by atoms with Gasteiger partial charge in [0.15, 0.2) is 5.65 Å². The van der Waals surface area contributed by atoms with Gasteiger partial charge in [0.25, 0.3) is 0 Å². The van der Waals surface area contributed by atoms with Gasteiger partial charge >= 0.3 is 6.18 Å². The predicted octanol–water partition coefficient (Wildman–Crippen LogP) is 4.14. The predicted molar refractivity (Wildman–Crippen MR) is 145 cm³/mol. The van der Waals surface area contributed by atoms with E-state index in [4.69, 9.17) is 10.5 Å². The summed E-state index contributed by atoms with van der Waals surface area (Å²) < 4.78 is 49.3. The van der Waals surface area contributed by atoms with Crippen molar-refractivity contribution in [3.63, 3.8) is 0 Å². The molecular formula is C28H26F3N7O3. The smallest absolute Gasteiger partial charge is 0.417 e. The van der Waals surface area contributed by atoms with Gasteiger partial charge in [-0.2, -0.15) is 18.3 Å². The number of carbonyl (C=O) groups is 1. The normalized spacial score (nSPS) is 17.8. The number of nitrogens with two attached hydrogens (primary N) is 1. The molecule has 0 bridgehead atoms. The number of β-amino-alcohol motifs (C(OH)–C–C–N with tert-alkyl or cyclic N) is 1. The first-order chi connectivity index (χ1) is 19.7. The molecule has 10 nitrogen and oxygen atoms in total. The maximum absolute atomic E-state index is 14.0. The van der Waals surface area contributed by atoms with Crippen LogP contribution in [0.2, 0.25) is 0 Å². The molecule has 1 saturated heterocycles. The second-order valence-electron chi connectivity index (χ2n) is 9.89. The van der Waals surface area contributed by atoms with Crippen LogP contribution in [-0.2, 0) is 6.18 Å². The lowest BCUT2D eigenvalue weighted by atomic mass is 9.82. The molecule has 1 aliphatic rings. The average molecular weight is 566 g/mol. The number of piperidine rings is 1. The minimum Gasteiger partial charge on any atom is -0.492 e. The van der Waals surface area contributed by atoms with Crippen LogP contribution in [0.4, 0.5) is 19.0 Å². The maximum atomic E-state index is 14.0. The number of halogens is 3. The maximum Gasteiger partial charge on any atom is 0.417 e. The molecule has 1 amide bonds. The second-order valence-corrected chi connectivity index (χ2v) is 9.89. The van der Waals surface area contributed by atoms with Gasteiger partial charge in [-0.05, 0) is 43.2 Å². The fourth-order valence-electron chi connectivity index (χ4n) is 5.64. The summed E-state index contributed by atoms with van der Waals surface area (Å²) in [7, 11) is 0. The van der Waals surface area contributed by atoms with E-state index in [2.05, 4.69) is 20.3 Å². The SMILES string of the molecule is CCOc1cc(-c2ccc(N3CC[C@@H](c4cccc(C(N)=O)c4C(F)(F)F)[C@@H](O)C3)nc2)c2c3cn[nH]c3nn2c1. The Kier molecular flexibility index (Phi) is 6.53. The third-order valence-corrected chi connectivity index (χ3v) is 7.42. The molecule has 212 valence electrons. The monoisotopic (exact) mass is 565 g/mol. The summed E-state index contributed by atoms with van der Waals surface area (Å²) in [5, 5.41) is 23.3. The number of hydrogen-bond donors (Lipinski definition) is 3. The molecule has 5 aromatic rings. The molecule has 1 fully saturated rings. The molecule has 0 saturated carbocycles. The summed E-state index contributed by atoms with van der Waals surface area (Å²) in [6, 6.07) is 9.33. The van der Waals surface area contributed by atoms with Crippen molar-refractivity contribution in [2.75, 3.05) is 24.6 Å². The van der Waals surface area contributed by atoms with Gasteiger partial charge in [-0.1, -0.05) is 12.1 Å². The zero-order valence-electron chi connectivity index (χ0n) is 21.9. The summed E-state index contributed by atoms with van der Waals surface area (Å²) in [5.74, 6) is -0.771. The van der Waals surface area contributed by atoms with E-state index in [1.807, 2.05) is 30.0 Å². The molecule has 0 spiro atoms. The third kappa shape index (κ3) is 4.71. The molecular weight excluding hydrogens is 539 g/mol. The van der Waals surface area contributed by atoms with Crippen molar-refractivity contribution >= 4 is 28.3 Å². The first-order valence-corrected chi connectivity index (χ1v) is 13.0. The van der Waals surface area contributed by atoms with Crippen molar-refractivity contribution < 1.29 is 27.8 Å². The third-order valence-electron chi connectivity index (χ3n) is 7.42. The fourth-order valence-corrected chi connectivity index (χ4v) is 5.64. The molecule has 1 aliphatic heterocycles. The van der Waals surface area contributed by atoms with Crippen LogP contribution in [0.15, 0.2) is 55.0 Å². The lowest BCUT2D eigenvalue weighted by molar-refractivity contribution is -0.139. The summed E-state index contributed by atoms with van der Waals surface area (Å²) in [6.45, 7) is 2.80. The van der Waals surface area contributed by atoms with Crippen molar-refractivity contribution in [2.24, 2.45) is 5.73 Å². The van der Waals surface area contributed by atoms with Crippen LogP contribution in [0, 0.1) is 0 Å². The van der Waals surface area contributed by atoms with Gasteiger partial charge in [-0.3, -0.25) is 9.89 Å². The lowest BCUT2D eigenvalue weighted by Gasteiger charge is -2.38. The first-order valence-electron chi connectivity index (χ1n) is 13.0. The van der Waals surface area contributed by atoms with Crippen LogP contribution >= 0.6 is 0 Å². The first kappa shape index (κ1) is 26.6. The minimum atomic E-state index is -4.79. The van der Waals surface area contributed by atoms with E-state index < -0.39 is 35.2 Å². The van der Waals surface area contributed by atoms with Crippen LogP contribution in [0.1, 0.15) is 40.7 Å². The standard InChI is InChI=1S/C28H26F3N7O3/c1-2-41-16-10-20(25-21-12-34-35-27(21)36-38(25)13-16)15-6-7-23(33-11-15)37-9-8-17(22(39)14-37)18-4-3-5-19(26(32)40)24(18)28(29,30)31/h3-7,10-13,17,22,39H,2,8-9,14H2,1H3,(H2,32,40)(H,35,36)/t17-,22-/m0/s1. The highest BCUT2D eigenvalue weighted by Crippen LogP contribution is 2.41. The number of H-pyrrole nitrogens is 1. The van der Waals surface area contributed by atoms with Crippen molar-refractivity contribution in [1.29, 1.82) is 0 Å². The molecule has 41 heavy (non-hydrogen) atoms. The van der Waals surface area contributed by atoms with E-state index in [0.717, 1.165) is 28.1 Å². The Morgan fingerprint density at radius 1 is 1.24 bits per heavy atom. The van der Waals surface area contributed by atoms with Crippen molar-refractivity contribution in [3.8, 4) is 16.9 Å². The van der Waals surface area contributed by atoms with E-state index in [-0.39, 0.29) is 18.5 Å². The summed E-state index contributed by atoms with van der Waals surface area (Å²) in [5.41, 5.74) is 6.53. The number of aromatic amines is 1. The van der Waals surface area contributed by atoms with Crippen LogP contribution in [0.5, 0.6) is 5.75 Å². The Balaban J connectivity index is 1.28. The lowest BCUT2D eigenvalue weighted by Crippen LogP contribution is -2.43. The molecule has 4 aromatic heterocycles. The number of primary amides is 1. The number of aliphatic hydroxyl groups is 1. The van der Waals surface area contributed by atoms with Gasteiger partial charge < -0.3 is 20.5 Å². The molecule has 6 rings (SSSR count). The second kappa shape index (κ2) is 10.1. The van der Waals surface area contributed by atoms with E-state index >= 15 is 0 Å². The number of nitrogens with one attached hydrogen (secondary N) is 1. The summed E-state index contributed by atoms with van der Waals surface area (Å²) >= 11 is 0. The Morgan fingerprint density at radius 3 is 2.76 bits per heavy atom. The minimum absolute atomic E-state index is 0.0669. The zero-order chi connectivity index (χ0) is 28.9. The summed E-state index contributed by atoms with van der Waals surface area (Å²) in [6.07, 6.45) is -0.488. The number of rotatable bonds is 6. The molecule has 0 aliphatic carbocycles. The number of anilines is 1. The van der Waals surface area contributed by atoms with Crippen LogP contribution in [-0.4, -0.2) is 61.6 Å². The van der Waals surface area contributed by atoms with Crippen LogP contribution < -0.4 is 15.4 Å². The molecule has 0 unspecified atom stereocenters. The number of aliphatic hydroxyl groups excluding tert-OH is 1. The Bertz CT molecular complexity index is 1750. The number of amides is 1. The molecule has 2 atom stereocenters. The van der Waals surface area contributed by atoms with Gasteiger partial charge in [0.1, 0.15) is 11.6 Å². The van der Waals surface area contributed by atoms with Crippen molar-refractivity contribution in [3.05, 3.63) is 71.7 Å². The molecule has 0 radical (unpaired) electrons. The van der Waals surface area contributed by atoms with E-state index in [1.54, 1.807) is 23.1 Å². The molecule has 13 heteroatoms. The number of pyridine rings is 2. The Morgan fingerprint density at radius 2 is 2.07 bits per heavy atom. The highest BCUT2D eigenvalue weighted by molar-refractivity contribution is 6.01. The largest absolute Gasteiger partial charge is 0.492 e. The zero-order valence-corrected chi connectivity index (χ0v) is 21.9. The highest BCUT2D eigenvalue weighted by Gasteiger charge is 2.41. The van der Waals surface area contributed by atoms with Crippen LogP contribution in [0.25, 0.3) is 27.7 Å². The Labute approximate surface area is 231 Å². The van der Waals surface area contributed by atoms with Gasteiger partial charge in [-0.15, -0.1) is 5.10 Å². The van der Waals surface area contributed by atoms with Crippen molar-refractivity contribution in [2.45, 2.75) is 31.5 Å². The Hall–Kier alpha value is -4.65. The van der Waals surface area contributed by atoms with Gasteiger partial charge in [0.05, 0.1) is 47.1 Å². The van der Waals surface area contributed by atoms with E-state index in [1.165, 1.54) is 12.1 Å². The average Bonchev–Trinajstić information content (AvgIpc) is 3.53. The number of hydrogen-bond acceptors (Lipinski definition) is 7. The number of carbonyl (C=O) groups excluding carboxylic acids is 1. The number of aromatic nitrogens is 5. The van der Waals surface area contributed by atoms with Gasteiger partial charge in [-0.25, -0.2) is 9.50 Å². The number of benzene rings is 1.